The molecule has 10 heteroatoms. The molecule has 208 valence electrons. The summed E-state index contributed by atoms with van der Waals surface area (Å²) in [5.74, 6) is -0.250. The lowest BCUT2D eigenvalue weighted by Gasteiger charge is -2.42. The third kappa shape index (κ3) is 5.04. The molecule has 1 aliphatic heterocycles. The summed E-state index contributed by atoms with van der Waals surface area (Å²) in [4.78, 5) is 12.5. The fourth-order valence-electron chi connectivity index (χ4n) is 5.08. The number of benzene rings is 3. The van der Waals surface area contributed by atoms with Gasteiger partial charge >= 0.3 is 5.97 Å². The minimum Gasteiger partial charge on any atom is -0.478 e. The molecule has 1 N–H and O–H groups in total. The van der Waals surface area contributed by atoms with E-state index in [0.29, 0.717) is 46.9 Å². The van der Waals surface area contributed by atoms with Gasteiger partial charge in [-0.15, -0.1) is 0 Å². The summed E-state index contributed by atoms with van der Waals surface area (Å²) < 4.78 is 57.8. The van der Waals surface area contributed by atoms with Crippen molar-refractivity contribution in [2.24, 2.45) is 5.41 Å². The van der Waals surface area contributed by atoms with Crippen molar-refractivity contribution in [3.63, 3.8) is 0 Å². The van der Waals surface area contributed by atoms with Gasteiger partial charge in [-0.05, 0) is 78.9 Å². The Morgan fingerprint density at radius 3 is 2.23 bits per heavy atom. The van der Waals surface area contributed by atoms with Gasteiger partial charge in [-0.1, -0.05) is 6.92 Å². The zero-order valence-electron chi connectivity index (χ0n) is 22.0. The number of hydrogen-bond donors (Lipinski definition) is 1. The minimum atomic E-state index is -3.64. The molecule has 4 aromatic rings. The summed E-state index contributed by atoms with van der Waals surface area (Å²) in [6, 6.07) is 15.8. The summed E-state index contributed by atoms with van der Waals surface area (Å²) in [6.45, 7) is 3.18. The maximum atomic E-state index is 13.2. The Hall–Kier alpha value is -3.89. The predicted molar refractivity (Wildman–Crippen MR) is 148 cm³/mol. The molecule has 1 saturated heterocycles. The molecule has 6 rings (SSSR count). The Morgan fingerprint density at radius 1 is 1.07 bits per heavy atom. The number of furan rings is 1. The number of hydrogen-bond acceptors (Lipinski definition) is 6. The molecule has 0 radical (unpaired) electrons. The van der Waals surface area contributed by atoms with Gasteiger partial charge in [-0.3, -0.25) is 4.31 Å². The minimum absolute atomic E-state index is 0.0147. The Morgan fingerprint density at radius 2 is 1.70 bits per heavy atom. The van der Waals surface area contributed by atoms with Gasteiger partial charge in [0.25, 0.3) is 0 Å². The largest absolute Gasteiger partial charge is 0.478 e. The monoisotopic (exact) mass is 565 g/mol. The number of fused-ring (bicyclic) bond motifs is 1. The summed E-state index contributed by atoms with van der Waals surface area (Å²) in [6.07, 6.45) is 2.99. The molecular formula is C30H28FNO7S. The summed E-state index contributed by atoms with van der Waals surface area (Å²) in [7, 11) is -3.64. The number of sulfonamides is 1. The molecule has 0 atom stereocenters. The van der Waals surface area contributed by atoms with E-state index in [4.69, 9.17) is 13.9 Å². The quantitative estimate of drug-likeness (QED) is 0.250. The maximum Gasteiger partial charge on any atom is 0.340 e. The average Bonchev–Trinajstić information content (AvgIpc) is 3.66. The van der Waals surface area contributed by atoms with E-state index >= 15 is 0 Å². The highest BCUT2D eigenvalue weighted by Crippen LogP contribution is 2.48. The third-order valence-corrected chi connectivity index (χ3v) is 8.46. The number of rotatable bonds is 9. The molecule has 1 aromatic heterocycles. The number of ether oxygens (including phenoxy) is 2. The lowest BCUT2D eigenvalue weighted by molar-refractivity contribution is -0.0940. The average molecular weight is 566 g/mol. The number of aromatic carboxylic acids is 1. The van der Waals surface area contributed by atoms with Crippen LogP contribution in [0.15, 0.2) is 65.1 Å². The van der Waals surface area contributed by atoms with Gasteiger partial charge in [0.15, 0.2) is 0 Å². The van der Waals surface area contributed by atoms with Crippen molar-refractivity contribution in [2.75, 3.05) is 30.3 Å². The van der Waals surface area contributed by atoms with Crippen LogP contribution < -0.4 is 9.04 Å². The summed E-state index contributed by atoms with van der Waals surface area (Å²) >= 11 is 0. The van der Waals surface area contributed by atoms with Crippen LogP contribution in [-0.4, -0.2) is 45.5 Å². The number of carbonyl (C=O) groups is 1. The number of halogens is 1. The van der Waals surface area contributed by atoms with Crippen LogP contribution in [-0.2, 0) is 14.8 Å². The van der Waals surface area contributed by atoms with Crippen LogP contribution in [0.5, 0.6) is 11.5 Å². The van der Waals surface area contributed by atoms with Gasteiger partial charge < -0.3 is 19.0 Å². The van der Waals surface area contributed by atoms with Gasteiger partial charge in [-0.25, -0.2) is 17.6 Å². The smallest absolute Gasteiger partial charge is 0.340 e. The van der Waals surface area contributed by atoms with Crippen LogP contribution in [0.1, 0.15) is 41.6 Å². The molecule has 0 bridgehead atoms. The second kappa shape index (κ2) is 9.64. The highest BCUT2D eigenvalue weighted by molar-refractivity contribution is 7.92. The summed E-state index contributed by atoms with van der Waals surface area (Å²) in [5.41, 5.74) is 1.85. The Kier molecular flexibility index (Phi) is 6.35. The van der Waals surface area contributed by atoms with Crippen molar-refractivity contribution in [2.45, 2.75) is 25.7 Å². The van der Waals surface area contributed by atoms with Crippen molar-refractivity contribution in [1.29, 1.82) is 0 Å². The van der Waals surface area contributed by atoms with Crippen LogP contribution in [0.3, 0.4) is 0 Å². The number of anilines is 1. The molecule has 0 spiro atoms. The fraction of sp³-hybridized carbons (Fsp3) is 0.300. The first-order valence-corrected chi connectivity index (χ1v) is 14.8. The van der Waals surface area contributed by atoms with E-state index in [1.807, 2.05) is 6.92 Å². The van der Waals surface area contributed by atoms with Crippen molar-refractivity contribution in [3.8, 4) is 22.8 Å². The molecular weight excluding hydrogens is 537 g/mol. The fourth-order valence-corrected chi connectivity index (χ4v) is 6.15. The molecule has 0 unspecified atom stereocenters. The Labute approximate surface area is 231 Å². The number of carboxylic acid groups (broad SMARTS) is 1. The first kappa shape index (κ1) is 26.3. The highest BCUT2D eigenvalue weighted by Gasteiger charge is 2.40. The van der Waals surface area contributed by atoms with E-state index in [9.17, 15) is 22.7 Å². The van der Waals surface area contributed by atoms with Gasteiger partial charge in [-0.2, -0.15) is 0 Å². The molecule has 2 aliphatic rings. The lowest BCUT2D eigenvalue weighted by Crippen LogP contribution is -2.50. The van der Waals surface area contributed by atoms with Crippen molar-refractivity contribution in [3.05, 3.63) is 77.6 Å². The molecule has 0 amide bonds. The van der Waals surface area contributed by atoms with Gasteiger partial charge in [0.05, 0.1) is 25.2 Å². The normalized spacial score (nSPS) is 16.5. The van der Waals surface area contributed by atoms with E-state index in [-0.39, 0.29) is 35.0 Å². The first-order chi connectivity index (χ1) is 19.0. The topological polar surface area (TPSA) is 106 Å². The second-order valence-electron chi connectivity index (χ2n) is 10.9. The first-order valence-electron chi connectivity index (χ1n) is 12.9. The third-order valence-electron chi connectivity index (χ3n) is 7.33. The van der Waals surface area contributed by atoms with Crippen molar-refractivity contribution >= 4 is 32.6 Å². The second-order valence-corrected chi connectivity index (χ2v) is 12.9. The van der Waals surface area contributed by atoms with E-state index < -0.39 is 16.0 Å². The number of carboxylic acids is 1. The van der Waals surface area contributed by atoms with E-state index in [0.717, 1.165) is 18.4 Å². The van der Waals surface area contributed by atoms with Crippen LogP contribution in [0.25, 0.3) is 22.3 Å². The van der Waals surface area contributed by atoms with E-state index in [1.165, 1.54) is 34.8 Å². The zero-order chi connectivity index (χ0) is 28.2. The Balaban J connectivity index is 1.42. The molecule has 8 nitrogen and oxygen atoms in total. The van der Waals surface area contributed by atoms with E-state index in [2.05, 4.69) is 0 Å². The molecule has 3 aromatic carbocycles. The lowest BCUT2D eigenvalue weighted by atomic mass is 9.88. The molecule has 2 fully saturated rings. The van der Waals surface area contributed by atoms with Crippen molar-refractivity contribution < 1.29 is 36.6 Å². The molecule has 1 saturated carbocycles. The van der Waals surface area contributed by atoms with E-state index in [1.54, 1.807) is 36.4 Å². The SMILES string of the molecule is CC1(CN(c2cc3oc(-c4ccc(Oc5ccc(F)cc5)cc4)c(C(=O)O)c3cc2C2CC2)S(C)(=O)=O)COC1. The molecule has 1 aliphatic carbocycles. The number of nitrogens with zero attached hydrogens (tertiary/aromatic N) is 1. The maximum absolute atomic E-state index is 13.2. The van der Waals surface area contributed by atoms with Crippen LogP contribution >= 0.6 is 0 Å². The molecule has 40 heavy (non-hydrogen) atoms. The van der Waals surface area contributed by atoms with Crippen LogP contribution in [0.2, 0.25) is 0 Å². The summed E-state index contributed by atoms with van der Waals surface area (Å²) in [5, 5.41) is 10.6. The van der Waals surface area contributed by atoms with Crippen LogP contribution in [0.4, 0.5) is 10.1 Å². The van der Waals surface area contributed by atoms with Gasteiger partial charge in [0.2, 0.25) is 10.0 Å². The Bertz CT molecular complexity index is 1700. The van der Waals surface area contributed by atoms with Gasteiger partial charge in [0.1, 0.15) is 34.2 Å². The van der Waals surface area contributed by atoms with Crippen molar-refractivity contribution in [1.82, 2.24) is 0 Å². The standard InChI is InChI=1S/C30H28FNO7S/c1-30(16-37-17-30)15-32(40(2,35)36)25-14-26-24(13-23(25)18-3-4-18)27(29(33)34)28(39-26)19-5-9-21(10-6-19)38-22-11-7-20(31)8-12-22/h5-14,18H,3-4,15-17H2,1-2H3,(H,33,34). The highest BCUT2D eigenvalue weighted by atomic mass is 32.2. The van der Waals surface area contributed by atoms with Gasteiger partial charge in [0, 0.05) is 29.0 Å². The molecule has 2 heterocycles. The predicted octanol–water partition coefficient (Wildman–Crippen LogP) is 6.41. The zero-order valence-corrected chi connectivity index (χ0v) is 22.8. The van der Waals surface area contributed by atoms with Crippen LogP contribution in [0, 0.1) is 11.2 Å².